The van der Waals surface area contributed by atoms with Crippen LogP contribution in [0.25, 0.3) is 0 Å². The van der Waals surface area contributed by atoms with E-state index in [4.69, 9.17) is 15.1 Å². The minimum Gasteiger partial charge on any atom is -0.907 e. The summed E-state index contributed by atoms with van der Waals surface area (Å²) in [6, 6.07) is 0. The van der Waals surface area contributed by atoms with E-state index >= 15 is 0 Å². The van der Waals surface area contributed by atoms with E-state index in [1.165, 1.54) is 0 Å². The normalized spacial score (nSPS) is 3.86. The van der Waals surface area contributed by atoms with Gasteiger partial charge in [-0.2, -0.15) is 0 Å². The van der Waals surface area contributed by atoms with E-state index in [9.17, 15) is 0 Å². The van der Waals surface area contributed by atoms with Crippen LogP contribution in [0.2, 0.25) is 0 Å². The molecule has 7 heteroatoms. The molecule has 0 aliphatic rings. The Morgan fingerprint density at radius 3 is 1.00 bits per heavy atom. The first-order valence-electron chi connectivity index (χ1n) is 0.707. The zero-order chi connectivity index (χ0) is 3.58. The second kappa shape index (κ2) is 15.7. The monoisotopic (exact) mass is 313 g/mol. The van der Waals surface area contributed by atoms with Gasteiger partial charge < -0.3 is 15.1 Å². The molecular weight excluding hydrogens is 313 g/mol. The largest absolute Gasteiger partial charge is 3.00 e. The van der Waals surface area contributed by atoms with Crippen LogP contribution >= 0.6 is 0 Å². The van der Waals surface area contributed by atoms with Gasteiger partial charge in [0.2, 0.25) is 0 Å². The molecule has 0 radical (unpaired) electrons. The fraction of sp³-hybridized carbons (Fsp3) is 0. The van der Waals surface area contributed by atoms with Crippen molar-refractivity contribution >= 4 is 24.7 Å². The van der Waals surface area contributed by atoms with Crippen molar-refractivity contribution in [3.05, 3.63) is 0 Å². The smallest absolute Gasteiger partial charge is 0.907 e. The van der Waals surface area contributed by atoms with Gasteiger partial charge in [-0.1, -0.05) is 0 Å². The molecule has 0 aromatic heterocycles. The average molecular weight is 313 g/mol. The van der Waals surface area contributed by atoms with Crippen molar-refractivity contribution in [3.63, 3.8) is 0 Å². The predicted octanol–water partition coefficient (Wildman–Crippen LogP) is -4.33. The topological polar surface area (TPSA) is 69.2 Å². The molecule has 0 spiro atoms. The summed E-state index contributed by atoms with van der Waals surface area (Å²) in [7, 11) is -2.92. The summed E-state index contributed by atoms with van der Waals surface area (Å²) in [5.74, 6) is 0. The molecular formula is AlBCrLuO3+5. The summed E-state index contributed by atoms with van der Waals surface area (Å²) < 4.78 is 0. The summed E-state index contributed by atoms with van der Waals surface area (Å²) in [6.07, 6.45) is 0. The van der Waals surface area contributed by atoms with Gasteiger partial charge in [0.05, 0.1) is 0 Å². The molecule has 0 N–H and O–H groups in total. The molecule has 0 heterocycles. The molecule has 0 rings (SSSR count). The van der Waals surface area contributed by atoms with E-state index < -0.39 is 7.32 Å². The Morgan fingerprint density at radius 2 is 1.00 bits per heavy atom. The molecule has 0 aromatic carbocycles. The third-order valence-corrected chi connectivity index (χ3v) is 0. The molecule has 0 fully saturated rings. The Hall–Kier alpha value is 2.24. The standard InChI is InChI=1S/Al.BO3.Cr.Lu/c;2-1(3)4;;/q+3;-3;+2;+3. The van der Waals surface area contributed by atoms with Crippen molar-refractivity contribution < 1.29 is 69.3 Å². The molecule has 0 saturated heterocycles. The van der Waals surface area contributed by atoms with Crippen LogP contribution < -0.4 is 15.1 Å². The summed E-state index contributed by atoms with van der Waals surface area (Å²) in [4.78, 5) is 0. The number of rotatable bonds is 0. The molecule has 0 aliphatic carbocycles. The zero-order valence-electron chi connectivity index (χ0n) is 3.05. The zero-order valence-corrected chi connectivity index (χ0v) is 7.13. The number of hydrogen-bond donors (Lipinski definition) is 0. The summed E-state index contributed by atoms with van der Waals surface area (Å²) in [5.41, 5.74) is 0. The van der Waals surface area contributed by atoms with Crippen LogP contribution in [0.3, 0.4) is 0 Å². The van der Waals surface area contributed by atoms with Gasteiger partial charge in [-0.15, -0.1) is 0 Å². The minimum absolute atomic E-state index is 0. The molecule has 7 heavy (non-hydrogen) atoms. The predicted molar refractivity (Wildman–Crippen MR) is 11.5 cm³/mol. The van der Waals surface area contributed by atoms with E-state index in [2.05, 4.69) is 0 Å². The summed E-state index contributed by atoms with van der Waals surface area (Å²) in [6.45, 7) is 0. The second-order valence-corrected chi connectivity index (χ2v) is 0.289. The SMILES string of the molecule is [Al+3].[Cr+2].[Lu+3].[O-]B([O-])[O-]. The minimum atomic E-state index is -2.92. The van der Waals surface area contributed by atoms with Crippen LogP contribution in [0, 0.1) is 36.9 Å². The first kappa shape index (κ1) is 22.8. The maximum Gasteiger partial charge on any atom is 3.00 e. The quantitative estimate of drug-likeness (QED) is 0.425. The van der Waals surface area contributed by atoms with E-state index in [0.717, 1.165) is 0 Å². The van der Waals surface area contributed by atoms with E-state index in [1.54, 1.807) is 0 Å². The van der Waals surface area contributed by atoms with Gasteiger partial charge in [0.15, 0.2) is 0 Å². The van der Waals surface area contributed by atoms with E-state index in [0.29, 0.717) is 0 Å². The fourth-order valence-corrected chi connectivity index (χ4v) is 0. The van der Waals surface area contributed by atoms with Crippen LogP contribution in [0.4, 0.5) is 0 Å². The Bertz CT molecular complexity index is 19.7. The molecule has 0 aromatic rings. The Kier molecular flexibility index (Phi) is 51.3. The Balaban J connectivity index is -0.0000000150. The number of hydrogen-bond acceptors (Lipinski definition) is 3. The van der Waals surface area contributed by atoms with Gasteiger partial charge in [-0.25, -0.2) is 0 Å². The first-order valence-corrected chi connectivity index (χ1v) is 0.707. The molecule has 0 aliphatic heterocycles. The second-order valence-electron chi connectivity index (χ2n) is 0.289. The molecule has 0 bridgehead atoms. The molecule has 0 saturated carbocycles. The van der Waals surface area contributed by atoms with Gasteiger partial charge in [-0.3, -0.25) is 7.32 Å². The van der Waals surface area contributed by atoms with Gasteiger partial charge in [0.25, 0.3) is 0 Å². The van der Waals surface area contributed by atoms with E-state index in [1.807, 2.05) is 0 Å². The van der Waals surface area contributed by atoms with Crippen molar-refractivity contribution in [2.45, 2.75) is 0 Å². The molecule has 0 atom stereocenters. The molecule has 40 valence electrons. The van der Waals surface area contributed by atoms with Crippen LogP contribution in [0.1, 0.15) is 0 Å². The van der Waals surface area contributed by atoms with E-state index in [-0.39, 0.29) is 71.6 Å². The van der Waals surface area contributed by atoms with Crippen molar-refractivity contribution in [3.8, 4) is 0 Å². The Morgan fingerprint density at radius 1 is 1.00 bits per heavy atom. The maximum absolute atomic E-state index is 8.42. The Labute approximate surface area is 92.7 Å². The van der Waals surface area contributed by atoms with Crippen molar-refractivity contribution in [2.75, 3.05) is 0 Å². The van der Waals surface area contributed by atoms with Crippen molar-refractivity contribution in [1.82, 2.24) is 0 Å². The average Bonchev–Trinajstić information content (AvgIpc) is 0.811. The van der Waals surface area contributed by atoms with Gasteiger partial charge in [-0.05, 0) is 0 Å². The third kappa shape index (κ3) is 63.8. The third-order valence-electron chi connectivity index (χ3n) is 0. The maximum atomic E-state index is 8.42. The van der Waals surface area contributed by atoms with Crippen LogP contribution in [-0.4, -0.2) is 24.7 Å². The summed E-state index contributed by atoms with van der Waals surface area (Å²) >= 11 is 0. The van der Waals surface area contributed by atoms with Crippen LogP contribution in [0.15, 0.2) is 0 Å². The van der Waals surface area contributed by atoms with Crippen LogP contribution in [0.5, 0.6) is 0 Å². The molecule has 3 nitrogen and oxygen atoms in total. The van der Waals surface area contributed by atoms with Crippen molar-refractivity contribution in [1.29, 1.82) is 0 Å². The summed E-state index contributed by atoms with van der Waals surface area (Å²) in [5, 5.41) is 25.2. The molecule has 0 amide bonds. The fourth-order valence-electron chi connectivity index (χ4n) is 0. The van der Waals surface area contributed by atoms with Gasteiger partial charge in [0, 0.05) is 0 Å². The van der Waals surface area contributed by atoms with Crippen LogP contribution in [-0.2, 0) is 17.4 Å². The van der Waals surface area contributed by atoms with Gasteiger partial charge >= 0.3 is 71.6 Å². The van der Waals surface area contributed by atoms with Gasteiger partial charge in [0.1, 0.15) is 0 Å². The van der Waals surface area contributed by atoms with Crippen molar-refractivity contribution in [2.24, 2.45) is 0 Å². The molecule has 0 unspecified atom stereocenters. The first-order chi connectivity index (χ1) is 1.73.